The van der Waals surface area contributed by atoms with Crippen LogP contribution in [0, 0.1) is 5.82 Å². The zero-order chi connectivity index (χ0) is 22.4. The molecule has 0 fully saturated rings. The SMILES string of the molecule is CS(=O)(=O)Nc1ccc(C(=O)NCc2ccc(OCc3ccc(F)cc3)cc2)cc1Cl. The van der Waals surface area contributed by atoms with Crippen molar-refractivity contribution in [2.75, 3.05) is 11.0 Å². The van der Waals surface area contributed by atoms with Crippen molar-refractivity contribution in [1.29, 1.82) is 0 Å². The maximum absolute atomic E-state index is 12.9. The summed E-state index contributed by atoms with van der Waals surface area (Å²) in [6.07, 6.45) is 1.02. The Morgan fingerprint density at radius 2 is 1.65 bits per heavy atom. The normalized spacial score (nSPS) is 11.1. The monoisotopic (exact) mass is 462 g/mol. The van der Waals surface area contributed by atoms with Crippen LogP contribution in [0.2, 0.25) is 5.02 Å². The fourth-order valence-corrected chi connectivity index (χ4v) is 3.54. The van der Waals surface area contributed by atoms with Crippen LogP contribution in [0.5, 0.6) is 5.75 Å². The van der Waals surface area contributed by atoms with Crippen LogP contribution in [0.3, 0.4) is 0 Å². The van der Waals surface area contributed by atoms with Crippen LogP contribution >= 0.6 is 11.6 Å². The second kappa shape index (κ2) is 9.80. The Morgan fingerprint density at radius 1 is 1.00 bits per heavy atom. The van der Waals surface area contributed by atoms with E-state index in [0.717, 1.165) is 17.4 Å². The van der Waals surface area contributed by atoms with Gasteiger partial charge in [-0.25, -0.2) is 12.8 Å². The standard InChI is InChI=1S/C22H20ClFN2O4S/c1-31(28,29)26-21-11-6-17(12-20(21)23)22(27)25-13-15-4-9-19(10-5-15)30-14-16-2-7-18(24)8-3-16/h2-12,26H,13-14H2,1H3,(H,25,27). The summed E-state index contributed by atoms with van der Waals surface area (Å²) in [5.41, 5.74) is 2.23. The number of amides is 1. The minimum atomic E-state index is -3.46. The molecule has 6 nitrogen and oxygen atoms in total. The number of hydrogen-bond acceptors (Lipinski definition) is 4. The number of rotatable bonds is 8. The first-order chi connectivity index (χ1) is 14.7. The number of carbonyl (C=O) groups excluding carboxylic acids is 1. The molecule has 0 unspecified atom stereocenters. The lowest BCUT2D eigenvalue weighted by Crippen LogP contribution is -2.22. The minimum absolute atomic E-state index is 0.126. The first-order valence-corrected chi connectivity index (χ1v) is 11.5. The number of carbonyl (C=O) groups is 1. The molecule has 0 aliphatic rings. The van der Waals surface area contributed by atoms with Crippen LogP contribution in [-0.4, -0.2) is 20.6 Å². The van der Waals surface area contributed by atoms with Gasteiger partial charge in [0, 0.05) is 12.1 Å². The van der Waals surface area contributed by atoms with Crippen LogP contribution in [0.1, 0.15) is 21.5 Å². The maximum Gasteiger partial charge on any atom is 0.251 e. The van der Waals surface area contributed by atoms with Crippen molar-refractivity contribution in [2.24, 2.45) is 0 Å². The second-order valence-electron chi connectivity index (χ2n) is 6.81. The first kappa shape index (κ1) is 22.6. The molecule has 3 aromatic carbocycles. The van der Waals surface area contributed by atoms with E-state index in [2.05, 4.69) is 10.0 Å². The molecular weight excluding hydrogens is 443 g/mol. The van der Waals surface area contributed by atoms with E-state index in [-0.39, 0.29) is 29.0 Å². The van der Waals surface area contributed by atoms with Gasteiger partial charge in [-0.2, -0.15) is 0 Å². The number of anilines is 1. The van der Waals surface area contributed by atoms with Gasteiger partial charge in [-0.15, -0.1) is 0 Å². The quantitative estimate of drug-likeness (QED) is 0.521. The van der Waals surface area contributed by atoms with Crippen LogP contribution in [-0.2, 0) is 23.2 Å². The predicted molar refractivity (Wildman–Crippen MR) is 118 cm³/mol. The minimum Gasteiger partial charge on any atom is -0.489 e. The summed E-state index contributed by atoms with van der Waals surface area (Å²) in [7, 11) is -3.46. The molecule has 162 valence electrons. The fraction of sp³-hybridized carbons (Fsp3) is 0.136. The summed E-state index contributed by atoms with van der Waals surface area (Å²) in [5, 5.41) is 2.91. The summed E-state index contributed by atoms with van der Waals surface area (Å²) in [6.45, 7) is 0.610. The average Bonchev–Trinajstić information content (AvgIpc) is 2.73. The van der Waals surface area contributed by atoms with Gasteiger partial charge in [-0.1, -0.05) is 35.9 Å². The van der Waals surface area contributed by atoms with Crippen molar-refractivity contribution in [3.8, 4) is 5.75 Å². The number of sulfonamides is 1. The third-order valence-corrected chi connectivity index (χ3v) is 5.13. The van der Waals surface area contributed by atoms with Crippen molar-refractivity contribution >= 4 is 33.2 Å². The Bertz CT molecular complexity index is 1170. The number of nitrogens with one attached hydrogen (secondary N) is 2. The van der Waals surface area contributed by atoms with Crippen molar-refractivity contribution in [2.45, 2.75) is 13.2 Å². The van der Waals surface area contributed by atoms with Crippen molar-refractivity contribution in [1.82, 2.24) is 5.32 Å². The predicted octanol–water partition coefficient (Wildman–Crippen LogP) is 4.36. The molecule has 0 aromatic heterocycles. The van der Waals surface area contributed by atoms with E-state index in [1.54, 1.807) is 24.3 Å². The van der Waals surface area contributed by atoms with Gasteiger partial charge in [0.05, 0.1) is 17.0 Å². The van der Waals surface area contributed by atoms with E-state index in [1.807, 2.05) is 12.1 Å². The van der Waals surface area contributed by atoms with Gasteiger partial charge in [0.15, 0.2) is 0 Å². The molecule has 2 N–H and O–H groups in total. The number of ether oxygens (including phenoxy) is 1. The van der Waals surface area contributed by atoms with Gasteiger partial charge in [0.25, 0.3) is 5.91 Å². The molecule has 0 atom stereocenters. The summed E-state index contributed by atoms with van der Waals surface area (Å²) in [4.78, 5) is 12.4. The van der Waals surface area contributed by atoms with Crippen LogP contribution in [0.15, 0.2) is 66.7 Å². The molecule has 0 spiro atoms. The Balaban J connectivity index is 1.53. The third kappa shape index (κ3) is 6.97. The smallest absolute Gasteiger partial charge is 0.251 e. The largest absolute Gasteiger partial charge is 0.489 e. The highest BCUT2D eigenvalue weighted by Gasteiger charge is 2.11. The van der Waals surface area contributed by atoms with E-state index in [9.17, 15) is 17.6 Å². The molecule has 0 aliphatic carbocycles. The van der Waals surface area contributed by atoms with Crippen molar-refractivity contribution in [3.63, 3.8) is 0 Å². The highest BCUT2D eigenvalue weighted by atomic mass is 35.5. The lowest BCUT2D eigenvalue weighted by atomic mass is 10.1. The molecule has 1 amide bonds. The Kier molecular flexibility index (Phi) is 7.14. The summed E-state index contributed by atoms with van der Waals surface area (Å²) < 4.78 is 43.5. The van der Waals surface area contributed by atoms with Crippen LogP contribution in [0.4, 0.5) is 10.1 Å². The number of halogens is 2. The van der Waals surface area contributed by atoms with Gasteiger partial charge >= 0.3 is 0 Å². The average molecular weight is 463 g/mol. The van der Waals surface area contributed by atoms with E-state index in [4.69, 9.17) is 16.3 Å². The Labute approximate surface area is 185 Å². The van der Waals surface area contributed by atoms with Crippen LogP contribution < -0.4 is 14.8 Å². The lowest BCUT2D eigenvalue weighted by molar-refractivity contribution is 0.0951. The molecule has 0 saturated heterocycles. The summed E-state index contributed by atoms with van der Waals surface area (Å²) in [6, 6.07) is 17.6. The number of hydrogen-bond donors (Lipinski definition) is 2. The zero-order valence-electron chi connectivity index (χ0n) is 16.6. The second-order valence-corrected chi connectivity index (χ2v) is 8.97. The van der Waals surface area contributed by atoms with Gasteiger partial charge in [0.2, 0.25) is 10.0 Å². The molecule has 3 rings (SSSR count). The van der Waals surface area contributed by atoms with Gasteiger partial charge in [-0.05, 0) is 53.6 Å². The van der Waals surface area contributed by atoms with Crippen molar-refractivity contribution in [3.05, 3.63) is 94.3 Å². The van der Waals surface area contributed by atoms with Crippen molar-refractivity contribution < 1.29 is 22.3 Å². The topological polar surface area (TPSA) is 84.5 Å². The zero-order valence-corrected chi connectivity index (χ0v) is 18.1. The van der Waals surface area contributed by atoms with Gasteiger partial charge < -0.3 is 10.1 Å². The van der Waals surface area contributed by atoms with E-state index >= 15 is 0 Å². The van der Waals surface area contributed by atoms with E-state index < -0.39 is 10.0 Å². The Morgan fingerprint density at radius 3 is 2.26 bits per heavy atom. The highest BCUT2D eigenvalue weighted by molar-refractivity contribution is 7.92. The van der Waals surface area contributed by atoms with Gasteiger partial charge in [-0.3, -0.25) is 9.52 Å². The maximum atomic E-state index is 12.9. The van der Waals surface area contributed by atoms with E-state index in [1.165, 1.54) is 30.3 Å². The summed E-state index contributed by atoms with van der Waals surface area (Å²) in [5.74, 6) is 0.0172. The number of benzene rings is 3. The molecule has 0 heterocycles. The molecule has 31 heavy (non-hydrogen) atoms. The third-order valence-electron chi connectivity index (χ3n) is 4.22. The molecule has 0 aliphatic heterocycles. The molecule has 3 aromatic rings. The summed E-state index contributed by atoms with van der Waals surface area (Å²) >= 11 is 6.06. The molecule has 0 radical (unpaired) electrons. The van der Waals surface area contributed by atoms with Crippen LogP contribution in [0.25, 0.3) is 0 Å². The van der Waals surface area contributed by atoms with E-state index in [0.29, 0.717) is 17.9 Å². The fourth-order valence-electron chi connectivity index (χ4n) is 2.67. The van der Waals surface area contributed by atoms with Gasteiger partial charge in [0.1, 0.15) is 18.2 Å². The first-order valence-electron chi connectivity index (χ1n) is 9.21. The highest BCUT2D eigenvalue weighted by Crippen LogP contribution is 2.24. The lowest BCUT2D eigenvalue weighted by Gasteiger charge is -2.10. The molecule has 9 heteroatoms. The molecule has 0 saturated carbocycles. The molecule has 0 bridgehead atoms. The Hall–Kier alpha value is -3.10. The molecular formula is C22H20ClFN2O4S.